The number of carbonyl (C=O) groups excluding carboxylic acids is 2. The normalized spacial score (nSPS) is 33.2. The van der Waals surface area contributed by atoms with Crippen LogP contribution in [0, 0.1) is 16.7 Å². The molecule has 2 heterocycles. The monoisotopic (exact) mass is 362 g/mol. The number of hydrogen-bond donors (Lipinski definition) is 1. The second-order valence-corrected chi connectivity index (χ2v) is 9.75. The Bertz CT molecular complexity index is 566. The van der Waals surface area contributed by atoms with Crippen LogP contribution in [-0.2, 0) is 14.3 Å². The van der Waals surface area contributed by atoms with E-state index in [1.54, 1.807) is 7.11 Å². The minimum atomic E-state index is -0.107. The van der Waals surface area contributed by atoms with E-state index in [2.05, 4.69) is 24.1 Å². The highest BCUT2D eigenvalue weighted by Gasteiger charge is 2.54. The Morgan fingerprint density at radius 2 is 1.73 bits per heavy atom. The molecule has 2 saturated carbocycles. The average molecular weight is 363 g/mol. The molecule has 2 aliphatic carbocycles. The van der Waals surface area contributed by atoms with Gasteiger partial charge >= 0.3 is 0 Å². The van der Waals surface area contributed by atoms with E-state index in [9.17, 15) is 9.59 Å². The van der Waals surface area contributed by atoms with Gasteiger partial charge in [0.15, 0.2) is 0 Å². The van der Waals surface area contributed by atoms with Crippen LogP contribution < -0.4 is 5.32 Å². The Morgan fingerprint density at radius 3 is 2.19 bits per heavy atom. The molecule has 2 aliphatic heterocycles. The maximum atomic E-state index is 13.0. The highest BCUT2D eigenvalue weighted by Crippen LogP contribution is 2.53. The third-order valence-corrected chi connectivity index (χ3v) is 7.64. The van der Waals surface area contributed by atoms with Gasteiger partial charge in [-0.1, -0.05) is 13.8 Å². The van der Waals surface area contributed by atoms with Gasteiger partial charge in [0.2, 0.25) is 11.8 Å². The van der Waals surface area contributed by atoms with Gasteiger partial charge in [-0.2, -0.15) is 0 Å². The van der Waals surface area contributed by atoms with E-state index >= 15 is 0 Å². The molecule has 4 fully saturated rings. The summed E-state index contributed by atoms with van der Waals surface area (Å²) in [6, 6.07) is 0.882. The molecular weight excluding hydrogens is 328 g/mol. The molecule has 0 aromatic heterocycles. The molecule has 2 saturated heterocycles. The number of nitrogens with zero attached hydrogens (tertiary/aromatic N) is 1. The Kier molecular flexibility index (Phi) is 4.57. The summed E-state index contributed by atoms with van der Waals surface area (Å²) in [5.41, 5.74) is 0.0104. The van der Waals surface area contributed by atoms with Crippen molar-refractivity contribution in [2.45, 2.75) is 89.8 Å². The van der Waals surface area contributed by atoms with Crippen molar-refractivity contribution in [2.75, 3.05) is 13.7 Å². The van der Waals surface area contributed by atoms with Crippen LogP contribution in [0.5, 0.6) is 0 Å². The lowest BCUT2D eigenvalue weighted by molar-refractivity contribution is -0.138. The van der Waals surface area contributed by atoms with Crippen molar-refractivity contribution in [1.29, 1.82) is 0 Å². The fraction of sp³-hybridized carbons (Fsp3) is 0.905. The SMILES string of the molecule is COCC1(CC(=O)N2C3CCC2CC(NC(=O)C2(C(C)C)CC2)C3)CC1. The summed E-state index contributed by atoms with van der Waals surface area (Å²) in [6.07, 6.45) is 8.98. The lowest BCUT2D eigenvalue weighted by Crippen LogP contribution is -2.54. The zero-order chi connectivity index (χ0) is 18.5. The minimum absolute atomic E-state index is 0.107. The van der Waals surface area contributed by atoms with Gasteiger partial charge in [0.25, 0.3) is 0 Å². The number of ether oxygens (including phenoxy) is 1. The van der Waals surface area contributed by atoms with Gasteiger partial charge in [-0.25, -0.2) is 0 Å². The van der Waals surface area contributed by atoms with Gasteiger partial charge in [0, 0.05) is 37.1 Å². The van der Waals surface area contributed by atoms with Crippen molar-refractivity contribution < 1.29 is 14.3 Å². The van der Waals surface area contributed by atoms with Crippen molar-refractivity contribution in [2.24, 2.45) is 16.7 Å². The zero-order valence-electron chi connectivity index (χ0n) is 16.6. The summed E-state index contributed by atoms with van der Waals surface area (Å²) < 4.78 is 5.33. The van der Waals surface area contributed by atoms with E-state index in [-0.39, 0.29) is 22.8 Å². The molecular formula is C21H34N2O3. The number of piperidine rings is 1. The molecule has 26 heavy (non-hydrogen) atoms. The first kappa shape index (κ1) is 18.3. The third kappa shape index (κ3) is 3.17. The average Bonchev–Trinajstić information content (AvgIpc) is 3.48. The molecule has 0 radical (unpaired) electrons. The van der Waals surface area contributed by atoms with Gasteiger partial charge in [0.1, 0.15) is 0 Å². The quantitative estimate of drug-likeness (QED) is 0.758. The van der Waals surface area contributed by atoms with Crippen molar-refractivity contribution in [3.63, 3.8) is 0 Å². The third-order valence-electron chi connectivity index (χ3n) is 7.64. The van der Waals surface area contributed by atoms with Crippen LogP contribution in [0.2, 0.25) is 0 Å². The van der Waals surface area contributed by atoms with Crippen LogP contribution in [0.4, 0.5) is 0 Å². The Labute approximate surface area is 157 Å². The standard InChI is InChI=1S/C21H34N2O3/c1-14(2)21(8-9-21)19(25)22-15-10-16-4-5-17(11-15)23(16)18(24)12-20(6-7-20)13-26-3/h14-17H,4-13H2,1-3H3,(H,22,25). The molecule has 2 bridgehead atoms. The summed E-state index contributed by atoms with van der Waals surface area (Å²) >= 11 is 0. The van der Waals surface area contributed by atoms with Crippen LogP contribution in [0.3, 0.4) is 0 Å². The lowest BCUT2D eigenvalue weighted by Gasteiger charge is -2.40. The summed E-state index contributed by atoms with van der Waals surface area (Å²) in [5.74, 6) is 0.989. The molecule has 0 aromatic rings. The molecule has 0 aromatic carbocycles. The molecule has 4 rings (SSSR count). The van der Waals surface area contributed by atoms with Crippen LogP contribution in [0.15, 0.2) is 0 Å². The van der Waals surface area contributed by atoms with Crippen molar-refractivity contribution in [1.82, 2.24) is 10.2 Å². The fourth-order valence-electron chi connectivity index (χ4n) is 5.50. The lowest BCUT2D eigenvalue weighted by atomic mass is 9.89. The second-order valence-electron chi connectivity index (χ2n) is 9.75. The van der Waals surface area contributed by atoms with E-state index in [0.717, 1.165) is 51.4 Å². The first-order valence-corrected chi connectivity index (χ1v) is 10.5. The first-order valence-electron chi connectivity index (χ1n) is 10.5. The highest BCUT2D eigenvalue weighted by molar-refractivity contribution is 5.86. The second kappa shape index (κ2) is 6.50. The number of hydrogen-bond acceptors (Lipinski definition) is 3. The minimum Gasteiger partial charge on any atom is -0.384 e. The maximum Gasteiger partial charge on any atom is 0.226 e. The number of methoxy groups -OCH3 is 1. The van der Waals surface area contributed by atoms with Gasteiger partial charge in [-0.05, 0) is 57.3 Å². The fourth-order valence-corrected chi connectivity index (χ4v) is 5.50. The molecule has 146 valence electrons. The number of carbonyl (C=O) groups is 2. The van der Waals surface area contributed by atoms with Gasteiger partial charge < -0.3 is 15.0 Å². The van der Waals surface area contributed by atoms with Crippen LogP contribution in [0.1, 0.15) is 71.6 Å². The predicted octanol–water partition coefficient (Wildman–Crippen LogP) is 2.88. The molecule has 2 unspecified atom stereocenters. The molecule has 0 spiro atoms. The Hall–Kier alpha value is -1.10. The Balaban J connectivity index is 1.34. The number of nitrogens with one attached hydrogen (secondary N) is 1. The van der Waals surface area contributed by atoms with Gasteiger partial charge in [-0.15, -0.1) is 0 Å². The van der Waals surface area contributed by atoms with E-state index in [0.29, 0.717) is 36.9 Å². The van der Waals surface area contributed by atoms with Crippen LogP contribution in [0.25, 0.3) is 0 Å². The molecule has 2 amide bonds. The largest absolute Gasteiger partial charge is 0.384 e. The van der Waals surface area contributed by atoms with Crippen molar-refractivity contribution in [3.05, 3.63) is 0 Å². The molecule has 5 heteroatoms. The Morgan fingerprint density at radius 1 is 1.12 bits per heavy atom. The smallest absolute Gasteiger partial charge is 0.226 e. The van der Waals surface area contributed by atoms with Crippen molar-refractivity contribution in [3.8, 4) is 0 Å². The molecule has 5 nitrogen and oxygen atoms in total. The van der Waals surface area contributed by atoms with E-state index in [1.807, 2.05) is 0 Å². The number of amides is 2. The van der Waals surface area contributed by atoms with Crippen LogP contribution >= 0.6 is 0 Å². The van der Waals surface area contributed by atoms with E-state index in [4.69, 9.17) is 4.74 Å². The zero-order valence-corrected chi connectivity index (χ0v) is 16.6. The number of fused-ring (bicyclic) bond motifs is 2. The molecule has 4 aliphatic rings. The highest BCUT2D eigenvalue weighted by atomic mass is 16.5. The maximum absolute atomic E-state index is 13.0. The molecule has 1 N–H and O–H groups in total. The first-order chi connectivity index (χ1) is 12.4. The predicted molar refractivity (Wildman–Crippen MR) is 99.5 cm³/mol. The van der Waals surface area contributed by atoms with E-state index < -0.39 is 0 Å². The van der Waals surface area contributed by atoms with Crippen molar-refractivity contribution >= 4 is 11.8 Å². The molecule has 2 atom stereocenters. The van der Waals surface area contributed by atoms with Gasteiger partial charge in [-0.3, -0.25) is 9.59 Å². The summed E-state index contributed by atoms with van der Waals surface area (Å²) in [6.45, 7) is 5.02. The van der Waals surface area contributed by atoms with Crippen LogP contribution in [-0.4, -0.2) is 48.6 Å². The topological polar surface area (TPSA) is 58.6 Å². The number of rotatable bonds is 7. The summed E-state index contributed by atoms with van der Waals surface area (Å²) in [5, 5.41) is 3.35. The summed E-state index contributed by atoms with van der Waals surface area (Å²) in [7, 11) is 1.73. The van der Waals surface area contributed by atoms with Gasteiger partial charge in [0.05, 0.1) is 12.0 Å². The summed E-state index contributed by atoms with van der Waals surface area (Å²) in [4.78, 5) is 27.9. The van der Waals surface area contributed by atoms with E-state index in [1.165, 1.54) is 0 Å².